The van der Waals surface area contributed by atoms with Gasteiger partial charge in [0.25, 0.3) is 0 Å². The Morgan fingerprint density at radius 2 is 1.09 bits per heavy atom. The van der Waals surface area contributed by atoms with Crippen LogP contribution in [0.3, 0.4) is 0 Å². The van der Waals surface area contributed by atoms with Crippen molar-refractivity contribution >= 4 is 0 Å². The fourth-order valence-corrected chi connectivity index (χ4v) is 0.327. The molecule has 23 heteroatoms. The monoisotopic (exact) mass is 349 g/mol. The Hall–Kier alpha value is -2.68. The Kier molecular flexibility index (Phi) is 15.3. The number of nitrogens with one attached hydrogen (secondary N) is 1. The van der Waals surface area contributed by atoms with Crippen LogP contribution in [0.15, 0.2) is 47.0 Å². The molecule has 0 aromatic rings. The van der Waals surface area contributed by atoms with Gasteiger partial charge in [0.15, 0.2) is 0 Å². The normalized spacial score (nSPS) is 12.3. The molecule has 0 aromatic carbocycles. The van der Waals surface area contributed by atoms with E-state index in [0.717, 1.165) is 0 Å². The molecule has 0 saturated heterocycles. The molecule has 0 atom stereocenters. The average Bonchev–Trinajstić information content (AvgIpc) is 2.57. The molecule has 0 fully saturated rings. The first-order valence-electron chi connectivity index (χ1n) is 4.09. The van der Waals surface area contributed by atoms with Gasteiger partial charge in [-0.3, -0.25) is 0 Å². The molecule has 0 radical (unpaired) electrons. The highest BCUT2D eigenvalue weighted by molar-refractivity contribution is 4.09. The smallest absolute Gasteiger partial charge is 0.0559 e. The van der Waals surface area contributed by atoms with E-state index in [0.29, 0.717) is 0 Å². The quantitative estimate of drug-likeness (QED) is 0.161. The maximum atomic E-state index is 7.66. The predicted molar refractivity (Wildman–Crippen MR) is 42.5 cm³/mol. The minimum Gasteiger partial charge on any atom is -0.219 e. The van der Waals surface area contributed by atoms with Crippen LogP contribution in [-0.4, -0.2) is 15.8 Å². The van der Waals surface area contributed by atoms with Gasteiger partial charge in [0.2, 0.25) is 0 Å². The van der Waals surface area contributed by atoms with Crippen LogP contribution >= 0.6 is 0 Å². The molecule has 0 heterocycles. The second-order valence-electron chi connectivity index (χ2n) is 1.76. The zero-order valence-electron chi connectivity index (χ0n) is 9.95. The largest absolute Gasteiger partial charge is 0.219 e. The van der Waals surface area contributed by atoms with E-state index in [9.17, 15) is 0 Å². The van der Waals surface area contributed by atoms with E-state index >= 15 is 0 Å². The number of nitrogens with zero attached hydrogens (tertiary/aromatic N) is 10. The minimum absolute atomic E-state index is 0.212. The van der Waals surface area contributed by atoms with Crippen LogP contribution in [0, 0.1) is 5.53 Å². The first kappa shape index (κ1) is 20.3. The molecule has 0 rings (SSSR count). The van der Waals surface area contributed by atoms with Crippen molar-refractivity contribution in [1.29, 1.82) is 5.53 Å². The van der Waals surface area contributed by atoms with Gasteiger partial charge in [-0.1, -0.05) is 0 Å². The van der Waals surface area contributed by atoms with Crippen molar-refractivity contribution in [2.24, 2.45) is 47.0 Å². The zero-order chi connectivity index (χ0) is 17.0. The maximum Gasteiger partial charge on any atom is 0.0559 e. The molecule has 3 N–H and O–H groups in total. The molecule has 0 aliphatic heterocycles. The highest BCUT2D eigenvalue weighted by Gasteiger charge is 2.09. The fraction of sp³-hybridized carbons (Fsp3) is 0. The van der Waals surface area contributed by atoms with Gasteiger partial charge in [-0.2, -0.15) is 5.53 Å². The van der Waals surface area contributed by atoms with Crippen LogP contribution in [0.25, 0.3) is 0 Å². The highest BCUT2D eigenvalue weighted by atomic mass is 17.9. The molecule has 0 bridgehead atoms. The molecule has 0 amide bonds. The van der Waals surface area contributed by atoms with E-state index in [2.05, 4.69) is 97.3 Å². The van der Waals surface area contributed by atoms with Gasteiger partial charge in [-0.05, 0) is 76.4 Å². The van der Waals surface area contributed by atoms with Crippen molar-refractivity contribution in [2.45, 2.75) is 0 Å². The van der Waals surface area contributed by atoms with E-state index in [4.69, 9.17) is 16.0 Å². The Morgan fingerprint density at radius 1 is 0.609 bits per heavy atom. The summed E-state index contributed by atoms with van der Waals surface area (Å²) < 4.78 is 0. The summed E-state index contributed by atoms with van der Waals surface area (Å²) in [5.74, 6) is 0. The van der Waals surface area contributed by atoms with E-state index in [1.165, 1.54) is 0 Å². The lowest BCUT2D eigenvalue weighted by atomic mass is 12.3. The number of rotatable bonds is 15. The summed E-state index contributed by atoms with van der Waals surface area (Å²) in [5, 5.41) is 67.0. The third kappa shape index (κ3) is 15.5. The van der Waals surface area contributed by atoms with E-state index in [1.54, 1.807) is 0 Å². The first-order chi connectivity index (χ1) is 11.3. The molecule has 130 valence electrons. The summed E-state index contributed by atoms with van der Waals surface area (Å²) in [4.78, 5) is 7.82. The van der Waals surface area contributed by atoms with Crippen LogP contribution in [0.1, 0.15) is 0 Å². The molecule has 0 aliphatic carbocycles. The third-order valence-corrected chi connectivity index (χ3v) is 0.758. The molecular weight excluding hydrogens is 346 g/mol. The number of hydrogen-bond acceptors (Lipinski definition) is 14. The Balaban J connectivity index is 4.16. The van der Waals surface area contributed by atoms with Crippen molar-refractivity contribution in [3.05, 3.63) is 0 Å². The lowest BCUT2D eigenvalue weighted by molar-refractivity contribution is -0.825. The van der Waals surface area contributed by atoms with Gasteiger partial charge in [0.05, 0.1) is 5.34 Å². The standard InChI is InChI=1S/H3N11O12/c1-2-3-4-5-6-7-8-9-10-11(14-18-22-20-16-12)15-19-23-21-17-13/h1,12-13H/b2-1?,4-3+,6-5+,8-7+,10-9+. The Labute approximate surface area is 120 Å². The van der Waals surface area contributed by atoms with E-state index in [-0.39, 0.29) is 5.34 Å². The second-order valence-corrected chi connectivity index (χ2v) is 1.76. The molecule has 0 spiro atoms. The summed E-state index contributed by atoms with van der Waals surface area (Å²) in [6.07, 6.45) is 0. The van der Waals surface area contributed by atoms with E-state index in [1.807, 2.05) is 0 Å². The van der Waals surface area contributed by atoms with Crippen LogP contribution in [0.5, 0.6) is 0 Å². The van der Waals surface area contributed by atoms with Gasteiger partial charge in [0.1, 0.15) is 0 Å². The summed E-state index contributed by atoms with van der Waals surface area (Å²) in [6.45, 7) is 0. The minimum atomic E-state index is -0.212. The summed E-state index contributed by atoms with van der Waals surface area (Å²) in [5.41, 5.74) is 6.20. The summed E-state index contributed by atoms with van der Waals surface area (Å²) in [7, 11) is 0. The molecule has 23 nitrogen and oxygen atoms in total. The van der Waals surface area contributed by atoms with Crippen molar-refractivity contribution in [3.8, 4) is 0 Å². The van der Waals surface area contributed by atoms with Gasteiger partial charge < -0.3 is 0 Å². The average molecular weight is 349 g/mol. The molecule has 0 aromatic heterocycles. The lowest BCUT2D eigenvalue weighted by Gasteiger charge is -2.07. The molecular formula is H3N11O12. The van der Waals surface area contributed by atoms with Crippen molar-refractivity contribution in [1.82, 2.24) is 5.34 Å². The Bertz CT molecular complexity index is 365. The van der Waals surface area contributed by atoms with Gasteiger partial charge >= 0.3 is 0 Å². The fourth-order valence-electron chi connectivity index (χ4n) is 0.327. The van der Waals surface area contributed by atoms with Crippen molar-refractivity contribution in [3.63, 3.8) is 0 Å². The van der Waals surface area contributed by atoms with Crippen LogP contribution in [0.2, 0.25) is 0 Å². The van der Waals surface area contributed by atoms with Crippen molar-refractivity contribution in [2.75, 3.05) is 0 Å². The zero-order valence-corrected chi connectivity index (χ0v) is 9.95. The summed E-state index contributed by atoms with van der Waals surface area (Å²) in [6, 6.07) is 0. The van der Waals surface area contributed by atoms with Gasteiger partial charge in [-0.15, -0.1) is 0 Å². The summed E-state index contributed by atoms with van der Waals surface area (Å²) >= 11 is 0. The molecule has 0 saturated carbocycles. The van der Waals surface area contributed by atoms with Crippen LogP contribution in [-0.2, 0) is 50.3 Å². The number of hydrogen-bond donors (Lipinski definition) is 3. The third-order valence-electron chi connectivity index (χ3n) is 0.758. The van der Waals surface area contributed by atoms with Crippen LogP contribution in [0.4, 0.5) is 0 Å². The SMILES string of the molecule is N=N/N=N/N=N/N=N/N=N/N(OOOOOO)OOOOOO. The molecule has 0 unspecified atom stereocenters. The molecule has 0 aliphatic rings. The van der Waals surface area contributed by atoms with Gasteiger partial charge in [-0.25, -0.2) is 10.5 Å². The second kappa shape index (κ2) is 17.4. The molecule has 23 heavy (non-hydrogen) atoms. The highest BCUT2D eigenvalue weighted by Crippen LogP contribution is 2.00. The maximum absolute atomic E-state index is 7.66. The first-order valence-corrected chi connectivity index (χ1v) is 4.09. The predicted octanol–water partition coefficient (Wildman–Crippen LogP) is 0.965. The van der Waals surface area contributed by atoms with Gasteiger partial charge in [0, 0.05) is 20.9 Å². The van der Waals surface area contributed by atoms with Crippen LogP contribution < -0.4 is 0 Å². The Morgan fingerprint density at radius 3 is 1.57 bits per heavy atom. The topological polar surface area (TPSA) is 271 Å². The lowest BCUT2D eigenvalue weighted by Crippen LogP contribution is -2.19. The van der Waals surface area contributed by atoms with Crippen molar-refractivity contribution < 1.29 is 60.8 Å². The van der Waals surface area contributed by atoms with E-state index < -0.39 is 0 Å².